The molecule has 98 valence electrons. The Kier molecular flexibility index (Phi) is 12.9. The molecule has 1 unspecified atom stereocenters. The number of unbranched alkanes of at least 4 members (excludes halogenated alkanes) is 4. The maximum Gasteiger partial charge on any atom is 0.0466 e. The first-order chi connectivity index (χ1) is 7.81. The van der Waals surface area contributed by atoms with Gasteiger partial charge in [-0.05, 0) is 39.2 Å². The van der Waals surface area contributed by atoms with Crippen molar-refractivity contribution in [1.82, 2.24) is 5.32 Å². The van der Waals surface area contributed by atoms with E-state index in [2.05, 4.69) is 26.1 Å². The Labute approximate surface area is 102 Å². The van der Waals surface area contributed by atoms with Crippen LogP contribution in [0, 0.1) is 0 Å². The Morgan fingerprint density at radius 2 is 1.62 bits per heavy atom. The number of hydrogen-bond acceptors (Lipinski definition) is 2. The third-order valence-corrected chi connectivity index (χ3v) is 2.96. The molecule has 0 saturated carbocycles. The van der Waals surface area contributed by atoms with E-state index in [1.807, 2.05) is 0 Å². The molecule has 16 heavy (non-hydrogen) atoms. The fourth-order valence-corrected chi connectivity index (χ4v) is 1.52. The summed E-state index contributed by atoms with van der Waals surface area (Å²) in [5.41, 5.74) is 0. The first-order valence-electron chi connectivity index (χ1n) is 7.12. The second-order valence-electron chi connectivity index (χ2n) is 4.64. The van der Waals surface area contributed by atoms with E-state index in [4.69, 9.17) is 4.74 Å². The predicted molar refractivity (Wildman–Crippen MR) is 72.0 cm³/mol. The normalized spacial score (nSPS) is 12.9. The van der Waals surface area contributed by atoms with Gasteiger partial charge in [0.1, 0.15) is 0 Å². The molecular formula is C14H31NO. The zero-order valence-corrected chi connectivity index (χ0v) is 11.6. The van der Waals surface area contributed by atoms with Crippen LogP contribution in [0.1, 0.15) is 65.7 Å². The summed E-state index contributed by atoms with van der Waals surface area (Å²) in [6, 6.07) is 0.678. The molecule has 0 rings (SSSR count). The van der Waals surface area contributed by atoms with Crippen LogP contribution in [0.4, 0.5) is 0 Å². The van der Waals surface area contributed by atoms with Crippen LogP contribution >= 0.6 is 0 Å². The van der Waals surface area contributed by atoms with Crippen molar-refractivity contribution in [3.63, 3.8) is 0 Å². The molecule has 2 heteroatoms. The van der Waals surface area contributed by atoms with Crippen molar-refractivity contribution in [3.8, 4) is 0 Å². The van der Waals surface area contributed by atoms with Crippen LogP contribution in [0.25, 0.3) is 0 Å². The van der Waals surface area contributed by atoms with Crippen LogP contribution in [-0.4, -0.2) is 25.8 Å². The van der Waals surface area contributed by atoms with Crippen molar-refractivity contribution in [1.29, 1.82) is 0 Å². The van der Waals surface area contributed by atoms with E-state index in [-0.39, 0.29) is 0 Å². The summed E-state index contributed by atoms with van der Waals surface area (Å²) >= 11 is 0. The molecule has 0 aromatic heterocycles. The minimum atomic E-state index is 0.678. The molecule has 0 aliphatic rings. The van der Waals surface area contributed by atoms with Gasteiger partial charge in [-0.3, -0.25) is 0 Å². The van der Waals surface area contributed by atoms with Crippen LogP contribution in [0.5, 0.6) is 0 Å². The Morgan fingerprint density at radius 1 is 0.938 bits per heavy atom. The number of ether oxygens (including phenoxy) is 1. The average molecular weight is 229 g/mol. The van der Waals surface area contributed by atoms with Crippen molar-refractivity contribution in [2.45, 2.75) is 71.8 Å². The lowest BCUT2D eigenvalue weighted by Gasteiger charge is -2.10. The van der Waals surface area contributed by atoms with Gasteiger partial charge in [0.05, 0.1) is 0 Å². The molecular weight excluding hydrogens is 198 g/mol. The summed E-state index contributed by atoms with van der Waals surface area (Å²) in [7, 11) is 0. The smallest absolute Gasteiger partial charge is 0.0466 e. The topological polar surface area (TPSA) is 21.3 Å². The van der Waals surface area contributed by atoms with E-state index in [1.165, 1.54) is 51.5 Å². The molecule has 1 N–H and O–H groups in total. The van der Waals surface area contributed by atoms with Gasteiger partial charge in [0, 0.05) is 19.3 Å². The van der Waals surface area contributed by atoms with Gasteiger partial charge < -0.3 is 10.1 Å². The molecule has 0 aliphatic heterocycles. The predicted octanol–water partition coefficient (Wildman–Crippen LogP) is 3.75. The first kappa shape index (κ1) is 15.9. The van der Waals surface area contributed by atoms with E-state index < -0.39 is 0 Å². The van der Waals surface area contributed by atoms with Crippen LogP contribution in [-0.2, 0) is 4.74 Å². The molecule has 0 saturated heterocycles. The fourth-order valence-electron chi connectivity index (χ4n) is 1.52. The second-order valence-corrected chi connectivity index (χ2v) is 4.64. The van der Waals surface area contributed by atoms with Gasteiger partial charge >= 0.3 is 0 Å². The highest BCUT2D eigenvalue weighted by molar-refractivity contribution is 4.57. The first-order valence-corrected chi connectivity index (χ1v) is 7.12. The van der Waals surface area contributed by atoms with Crippen LogP contribution in [0.3, 0.4) is 0 Å². The summed E-state index contributed by atoms with van der Waals surface area (Å²) in [6.07, 6.45) is 8.85. The SMILES string of the molecule is CCCCOCCCCCCNC(C)CC. The molecule has 0 fully saturated rings. The van der Waals surface area contributed by atoms with Crippen LogP contribution in [0.15, 0.2) is 0 Å². The average Bonchev–Trinajstić information content (AvgIpc) is 2.31. The highest BCUT2D eigenvalue weighted by Gasteiger charge is 1.96. The van der Waals surface area contributed by atoms with E-state index in [0.717, 1.165) is 13.2 Å². The third kappa shape index (κ3) is 12.0. The molecule has 0 radical (unpaired) electrons. The van der Waals surface area contributed by atoms with Crippen molar-refractivity contribution >= 4 is 0 Å². The van der Waals surface area contributed by atoms with E-state index in [0.29, 0.717) is 6.04 Å². The zero-order valence-electron chi connectivity index (χ0n) is 11.6. The number of nitrogens with one attached hydrogen (secondary N) is 1. The lowest BCUT2D eigenvalue weighted by molar-refractivity contribution is 0.127. The molecule has 0 aromatic carbocycles. The number of rotatable bonds is 12. The molecule has 0 spiro atoms. The van der Waals surface area contributed by atoms with E-state index >= 15 is 0 Å². The molecule has 0 aromatic rings. The van der Waals surface area contributed by atoms with E-state index in [9.17, 15) is 0 Å². The lowest BCUT2D eigenvalue weighted by Crippen LogP contribution is -2.25. The third-order valence-electron chi connectivity index (χ3n) is 2.96. The minimum absolute atomic E-state index is 0.678. The van der Waals surface area contributed by atoms with Gasteiger partial charge in [0.25, 0.3) is 0 Å². The maximum atomic E-state index is 5.52. The zero-order chi connectivity index (χ0) is 12.1. The minimum Gasteiger partial charge on any atom is -0.381 e. The summed E-state index contributed by atoms with van der Waals surface area (Å²) in [5.74, 6) is 0. The molecule has 0 bridgehead atoms. The Balaban J connectivity index is 2.93. The Hall–Kier alpha value is -0.0800. The Bertz CT molecular complexity index is 128. The monoisotopic (exact) mass is 229 g/mol. The largest absolute Gasteiger partial charge is 0.381 e. The lowest BCUT2D eigenvalue weighted by atomic mass is 10.2. The summed E-state index contributed by atoms with van der Waals surface area (Å²) in [4.78, 5) is 0. The molecule has 2 nitrogen and oxygen atoms in total. The van der Waals surface area contributed by atoms with Gasteiger partial charge in [-0.1, -0.05) is 33.1 Å². The highest BCUT2D eigenvalue weighted by atomic mass is 16.5. The van der Waals surface area contributed by atoms with Gasteiger partial charge in [-0.15, -0.1) is 0 Å². The van der Waals surface area contributed by atoms with Crippen molar-refractivity contribution in [2.24, 2.45) is 0 Å². The summed E-state index contributed by atoms with van der Waals surface area (Å²) in [5, 5.41) is 3.52. The van der Waals surface area contributed by atoms with Gasteiger partial charge in [0.2, 0.25) is 0 Å². The van der Waals surface area contributed by atoms with Gasteiger partial charge in [-0.2, -0.15) is 0 Å². The van der Waals surface area contributed by atoms with Crippen LogP contribution in [0.2, 0.25) is 0 Å². The summed E-state index contributed by atoms with van der Waals surface area (Å²) in [6.45, 7) is 9.76. The second kappa shape index (κ2) is 13.0. The van der Waals surface area contributed by atoms with Crippen molar-refractivity contribution in [2.75, 3.05) is 19.8 Å². The van der Waals surface area contributed by atoms with Crippen molar-refractivity contribution < 1.29 is 4.74 Å². The standard InChI is InChI=1S/C14H31NO/c1-4-6-12-16-13-10-8-7-9-11-15-14(3)5-2/h14-15H,4-13H2,1-3H3. The molecule has 1 atom stereocenters. The van der Waals surface area contributed by atoms with Crippen LogP contribution < -0.4 is 5.32 Å². The quantitative estimate of drug-likeness (QED) is 0.515. The fraction of sp³-hybridized carbons (Fsp3) is 1.00. The maximum absolute atomic E-state index is 5.52. The number of hydrogen-bond donors (Lipinski definition) is 1. The highest BCUT2D eigenvalue weighted by Crippen LogP contribution is 2.00. The molecule has 0 aliphatic carbocycles. The summed E-state index contributed by atoms with van der Waals surface area (Å²) < 4.78 is 5.52. The van der Waals surface area contributed by atoms with E-state index in [1.54, 1.807) is 0 Å². The van der Waals surface area contributed by atoms with Gasteiger partial charge in [0.15, 0.2) is 0 Å². The van der Waals surface area contributed by atoms with Crippen molar-refractivity contribution in [3.05, 3.63) is 0 Å². The molecule has 0 heterocycles. The van der Waals surface area contributed by atoms with Gasteiger partial charge in [-0.25, -0.2) is 0 Å². The Morgan fingerprint density at radius 3 is 2.31 bits per heavy atom. The molecule has 0 amide bonds.